The molecule has 1 N–H and O–H groups in total. The quantitative estimate of drug-likeness (QED) is 0.180. The van der Waals surface area contributed by atoms with Crippen molar-refractivity contribution in [3.8, 4) is 11.5 Å². The highest BCUT2D eigenvalue weighted by Crippen LogP contribution is 2.28. The second kappa shape index (κ2) is 13.8. The number of unbranched alkanes of at least 4 members (excludes halogenated alkanes) is 6. The van der Waals surface area contributed by atoms with Crippen molar-refractivity contribution in [2.24, 2.45) is 5.10 Å². The van der Waals surface area contributed by atoms with Crippen LogP contribution in [-0.2, 0) is 0 Å². The summed E-state index contributed by atoms with van der Waals surface area (Å²) in [7, 11) is 1.57. The standard InChI is InChI=1S/C24H31N3O5/c1-3-4-5-6-7-8-9-15-32-22-14-13-19(16-23(22)31-2)18-25-26-24(28)20-11-10-12-21(17-20)27(29)30/h10-14,16-18H,3-9,15H2,1-2H3,(H,26,28)/b25-18+. The van der Waals surface area contributed by atoms with E-state index >= 15 is 0 Å². The Morgan fingerprint density at radius 3 is 2.53 bits per heavy atom. The van der Waals surface area contributed by atoms with Gasteiger partial charge < -0.3 is 9.47 Å². The fourth-order valence-corrected chi connectivity index (χ4v) is 3.12. The van der Waals surface area contributed by atoms with Crippen LogP contribution in [0, 0.1) is 10.1 Å². The SMILES string of the molecule is CCCCCCCCCOc1ccc(/C=N/NC(=O)c2cccc([N+](=O)[O-])c2)cc1OC. The Morgan fingerprint density at radius 2 is 1.81 bits per heavy atom. The highest BCUT2D eigenvalue weighted by atomic mass is 16.6. The van der Waals surface area contributed by atoms with Crippen LogP contribution < -0.4 is 14.9 Å². The average molecular weight is 442 g/mol. The molecule has 0 fully saturated rings. The summed E-state index contributed by atoms with van der Waals surface area (Å²) in [6.07, 6.45) is 10.0. The molecule has 0 saturated heterocycles. The molecule has 2 aromatic carbocycles. The van der Waals surface area contributed by atoms with Crippen LogP contribution in [0.25, 0.3) is 0 Å². The normalized spacial score (nSPS) is 10.8. The van der Waals surface area contributed by atoms with Crippen LogP contribution in [0.15, 0.2) is 47.6 Å². The van der Waals surface area contributed by atoms with Gasteiger partial charge in [-0.2, -0.15) is 5.10 Å². The minimum absolute atomic E-state index is 0.154. The van der Waals surface area contributed by atoms with Crippen molar-refractivity contribution in [1.82, 2.24) is 5.43 Å². The molecule has 8 nitrogen and oxygen atoms in total. The van der Waals surface area contributed by atoms with Crippen LogP contribution in [0.3, 0.4) is 0 Å². The molecule has 0 aromatic heterocycles. The topological polar surface area (TPSA) is 103 Å². The molecule has 0 aliphatic carbocycles. The molecule has 8 heteroatoms. The van der Waals surface area contributed by atoms with Gasteiger partial charge in [-0.1, -0.05) is 51.5 Å². The molecule has 0 unspecified atom stereocenters. The van der Waals surface area contributed by atoms with Gasteiger partial charge in [0.1, 0.15) is 0 Å². The number of benzene rings is 2. The van der Waals surface area contributed by atoms with Gasteiger partial charge >= 0.3 is 0 Å². The van der Waals surface area contributed by atoms with Crippen LogP contribution in [0.4, 0.5) is 5.69 Å². The molecule has 0 bridgehead atoms. The maximum atomic E-state index is 12.1. The van der Waals surface area contributed by atoms with E-state index in [2.05, 4.69) is 17.5 Å². The zero-order valence-electron chi connectivity index (χ0n) is 18.7. The highest BCUT2D eigenvalue weighted by Gasteiger charge is 2.11. The number of ether oxygens (including phenoxy) is 2. The number of rotatable bonds is 14. The number of hydrogen-bond acceptors (Lipinski definition) is 6. The summed E-state index contributed by atoms with van der Waals surface area (Å²) in [6.45, 7) is 2.85. The first-order valence-electron chi connectivity index (χ1n) is 10.9. The first-order valence-corrected chi connectivity index (χ1v) is 10.9. The lowest BCUT2D eigenvalue weighted by atomic mass is 10.1. The lowest BCUT2D eigenvalue weighted by Gasteiger charge is -2.11. The monoisotopic (exact) mass is 441 g/mol. The van der Waals surface area contributed by atoms with E-state index in [4.69, 9.17) is 9.47 Å². The largest absolute Gasteiger partial charge is 0.493 e. The Kier molecular flexibility index (Phi) is 10.7. The third kappa shape index (κ3) is 8.37. The van der Waals surface area contributed by atoms with Crippen LogP contribution in [0.1, 0.15) is 67.8 Å². The van der Waals surface area contributed by atoms with E-state index in [0.717, 1.165) is 12.8 Å². The van der Waals surface area contributed by atoms with Gasteiger partial charge in [-0.15, -0.1) is 0 Å². The number of nitrogens with zero attached hydrogens (tertiary/aromatic N) is 2. The van der Waals surface area contributed by atoms with Crippen LogP contribution in [-0.4, -0.2) is 30.8 Å². The lowest BCUT2D eigenvalue weighted by molar-refractivity contribution is -0.384. The van der Waals surface area contributed by atoms with Gasteiger partial charge in [0, 0.05) is 17.7 Å². The number of carbonyl (C=O) groups is 1. The Balaban J connectivity index is 1.84. The van der Waals surface area contributed by atoms with Gasteiger partial charge in [0.2, 0.25) is 0 Å². The number of nitro groups is 1. The molecule has 172 valence electrons. The highest BCUT2D eigenvalue weighted by molar-refractivity contribution is 5.95. The van der Waals surface area contributed by atoms with E-state index in [1.54, 1.807) is 13.2 Å². The Morgan fingerprint density at radius 1 is 1.06 bits per heavy atom. The fourth-order valence-electron chi connectivity index (χ4n) is 3.12. The predicted molar refractivity (Wildman–Crippen MR) is 125 cm³/mol. The van der Waals surface area contributed by atoms with Gasteiger partial charge in [-0.25, -0.2) is 5.43 Å². The van der Waals surface area contributed by atoms with Gasteiger partial charge in [0.05, 0.1) is 24.9 Å². The zero-order valence-corrected chi connectivity index (χ0v) is 18.7. The maximum absolute atomic E-state index is 12.1. The Hall–Kier alpha value is -3.42. The fraction of sp³-hybridized carbons (Fsp3) is 0.417. The molecular weight excluding hydrogens is 410 g/mol. The molecule has 1 amide bonds. The number of methoxy groups -OCH3 is 1. The van der Waals surface area contributed by atoms with Crippen LogP contribution >= 0.6 is 0 Å². The Bertz CT molecular complexity index is 914. The number of amides is 1. The van der Waals surface area contributed by atoms with E-state index in [-0.39, 0.29) is 11.3 Å². The van der Waals surface area contributed by atoms with Gasteiger partial charge in [0.15, 0.2) is 11.5 Å². The molecule has 0 spiro atoms. The molecule has 0 aliphatic heterocycles. The van der Waals surface area contributed by atoms with E-state index in [0.29, 0.717) is 23.7 Å². The predicted octanol–water partition coefficient (Wildman–Crippen LogP) is 5.50. The third-order valence-electron chi connectivity index (χ3n) is 4.89. The smallest absolute Gasteiger partial charge is 0.271 e. The van der Waals surface area contributed by atoms with Crippen molar-refractivity contribution in [1.29, 1.82) is 0 Å². The molecule has 0 atom stereocenters. The summed E-state index contributed by atoms with van der Waals surface area (Å²) < 4.78 is 11.3. The summed E-state index contributed by atoms with van der Waals surface area (Å²) in [5.74, 6) is 0.713. The summed E-state index contributed by atoms with van der Waals surface area (Å²) in [5.41, 5.74) is 3.08. The minimum atomic E-state index is -0.552. The van der Waals surface area contributed by atoms with E-state index < -0.39 is 10.8 Å². The average Bonchev–Trinajstić information content (AvgIpc) is 2.81. The molecule has 0 heterocycles. The summed E-state index contributed by atoms with van der Waals surface area (Å²) >= 11 is 0. The van der Waals surface area contributed by atoms with Crippen molar-refractivity contribution in [3.63, 3.8) is 0 Å². The second-order valence-corrected chi connectivity index (χ2v) is 7.39. The van der Waals surface area contributed by atoms with E-state index in [1.807, 2.05) is 12.1 Å². The van der Waals surface area contributed by atoms with Gasteiger partial charge in [-0.3, -0.25) is 14.9 Å². The van der Waals surface area contributed by atoms with Crippen LogP contribution in [0.5, 0.6) is 11.5 Å². The summed E-state index contributed by atoms with van der Waals surface area (Å²) in [6, 6.07) is 10.8. The minimum Gasteiger partial charge on any atom is -0.493 e. The molecule has 0 aliphatic rings. The van der Waals surface area contributed by atoms with Crippen molar-refractivity contribution in [2.45, 2.75) is 51.9 Å². The molecular formula is C24H31N3O5. The molecule has 2 aromatic rings. The first-order chi connectivity index (χ1) is 15.5. The van der Waals surface area contributed by atoms with E-state index in [9.17, 15) is 14.9 Å². The van der Waals surface area contributed by atoms with E-state index in [1.165, 1.54) is 62.6 Å². The van der Waals surface area contributed by atoms with Crippen molar-refractivity contribution in [2.75, 3.05) is 13.7 Å². The second-order valence-electron chi connectivity index (χ2n) is 7.39. The summed E-state index contributed by atoms with van der Waals surface area (Å²) in [4.78, 5) is 22.4. The van der Waals surface area contributed by atoms with Crippen molar-refractivity contribution in [3.05, 3.63) is 63.7 Å². The molecule has 0 saturated carbocycles. The Labute approximate surface area is 188 Å². The van der Waals surface area contributed by atoms with Gasteiger partial charge in [0.25, 0.3) is 11.6 Å². The van der Waals surface area contributed by atoms with Gasteiger partial charge in [-0.05, 0) is 36.2 Å². The molecule has 2 rings (SSSR count). The zero-order chi connectivity index (χ0) is 23.2. The third-order valence-corrected chi connectivity index (χ3v) is 4.89. The number of non-ortho nitro benzene ring substituents is 1. The van der Waals surface area contributed by atoms with Crippen LogP contribution in [0.2, 0.25) is 0 Å². The van der Waals surface area contributed by atoms with Crippen molar-refractivity contribution >= 4 is 17.8 Å². The number of nitro benzene ring substituents is 1. The first kappa shape index (κ1) is 24.8. The maximum Gasteiger partial charge on any atom is 0.271 e. The lowest BCUT2D eigenvalue weighted by Crippen LogP contribution is -2.17. The summed E-state index contributed by atoms with van der Waals surface area (Å²) in [5, 5.41) is 14.8. The molecule has 32 heavy (non-hydrogen) atoms. The van der Waals surface area contributed by atoms with Crippen molar-refractivity contribution < 1.29 is 19.2 Å². The number of carbonyl (C=O) groups excluding carboxylic acids is 1. The number of hydrazone groups is 1. The number of nitrogens with one attached hydrogen (secondary N) is 1. The molecule has 0 radical (unpaired) electrons. The number of hydrogen-bond donors (Lipinski definition) is 1.